The fourth-order valence-corrected chi connectivity index (χ4v) is 5.26. The third-order valence-corrected chi connectivity index (χ3v) is 7.01. The highest BCUT2D eigenvalue weighted by Crippen LogP contribution is 2.39. The number of carbonyl (C=O) groups excluding carboxylic acids is 2. The van der Waals surface area contributed by atoms with Crippen molar-refractivity contribution in [3.8, 4) is 6.07 Å². The Morgan fingerprint density at radius 2 is 2.21 bits per heavy atom. The van der Waals surface area contributed by atoms with Crippen LogP contribution >= 0.6 is 22.7 Å². The number of alkyl carbamates (subject to hydrolysis) is 1. The Hall–Kier alpha value is -2.63. The van der Waals surface area contributed by atoms with E-state index in [-0.39, 0.29) is 24.0 Å². The van der Waals surface area contributed by atoms with Gasteiger partial charge in [0.15, 0.2) is 0 Å². The Morgan fingerprint density at radius 1 is 1.34 bits per heavy atom. The van der Waals surface area contributed by atoms with E-state index in [0.717, 1.165) is 47.4 Å². The van der Waals surface area contributed by atoms with Crippen molar-refractivity contribution in [2.45, 2.75) is 38.1 Å². The number of nitriles is 1. The minimum atomic E-state index is -0.340. The van der Waals surface area contributed by atoms with Gasteiger partial charge in [0.05, 0.1) is 12.2 Å². The lowest BCUT2D eigenvalue weighted by molar-refractivity contribution is -0.111. The van der Waals surface area contributed by atoms with E-state index in [1.54, 1.807) is 17.4 Å². The second-order valence-electron chi connectivity index (χ2n) is 7.28. The summed E-state index contributed by atoms with van der Waals surface area (Å²) in [5.74, 6) is -0.00921. The van der Waals surface area contributed by atoms with Crippen molar-refractivity contribution in [3.63, 3.8) is 0 Å². The maximum Gasteiger partial charge on any atom is 0.407 e. The highest BCUT2D eigenvalue weighted by atomic mass is 32.1. The van der Waals surface area contributed by atoms with E-state index in [4.69, 9.17) is 4.74 Å². The van der Waals surface area contributed by atoms with Gasteiger partial charge in [-0.2, -0.15) is 5.26 Å². The molecule has 2 amide bonds. The van der Waals surface area contributed by atoms with Gasteiger partial charge in [0.2, 0.25) is 5.91 Å². The maximum absolute atomic E-state index is 12.3. The molecule has 150 valence electrons. The topological polar surface area (TPSA) is 91.2 Å². The van der Waals surface area contributed by atoms with E-state index in [1.165, 1.54) is 17.4 Å². The van der Waals surface area contributed by atoms with Gasteiger partial charge in [-0.1, -0.05) is 6.07 Å². The molecule has 1 saturated carbocycles. The summed E-state index contributed by atoms with van der Waals surface area (Å²) in [5, 5.41) is 17.8. The van der Waals surface area contributed by atoms with E-state index < -0.39 is 0 Å². The highest BCUT2D eigenvalue weighted by molar-refractivity contribution is 7.16. The summed E-state index contributed by atoms with van der Waals surface area (Å²) < 4.78 is 5.35. The van der Waals surface area contributed by atoms with Gasteiger partial charge < -0.3 is 15.4 Å². The van der Waals surface area contributed by atoms with Crippen molar-refractivity contribution in [1.82, 2.24) is 5.32 Å². The van der Waals surface area contributed by atoms with Crippen LogP contribution in [-0.2, 0) is 22.4 Å². The summed E-state index contributed by atoms with van der Waals surface area (Å²) in [5.41, 5.74) is 1.59. The quantitative estimate of drug-likeness (QED) is 0.672. The minimum absolute atomic E-state index is 0.236. The second kappa shape index (κ2) is 8.80. The van der Waals surface area contributed by atoms with E-state index >= 15 is 0 Å². The largest absolute Gasteiger partial charge is 0.449 e. The summed E-state index contributed by atoms with van der Waals surface area (Å²) in [4.78, 5) is 26.1. The molecule has 0 bridgehead atoms. The highest BCUT2D eigenvalue weighted by Gasteiger charge is 2.28. The Labute approximate surface area is 177 Å². The SMILES string of the molecule is N#Cc1c(NC(=O)C=Cc2cccs2)sc2c1CCC(COC(=O)NC1CC1)C2. The summed E-state index contributed by atoms with van der Waals surface area (Å²) >= 11 is 3.01. The molecule has 2 heterocycles. The normalized spacial score (nSPS) is 18.1. The second-order valence-corrected chi connectivity index (χ2v) is 9.37. The molecule has 1 unspecified atom stereocenters. The first-order valence-electron chi connectivity index (χ1n) is 9.63. The smallest absolute Gasteiger partial charge is 0.407 e. The fourth-order valence-electron chi connectivity index (χ4n) is 3.33. The van der Waals surface area contributed by atoms with Gasteiger partial charge in [-0.25, -0.2) is 4.79 Å². The van der Waals surface area contributed by atoms with Gasteiger partial charge in [-0.3, -0.25) is 4.79 Å². The van der Waals surface area contributed by atoms with E-state index in [0.29, 0.717) is 17.2 Å². The zero-order valence-corrected chi connectivity index (χ0v) is 17.4. The monoisotopic (exact) mass is 427 g/mol. The van der Waals surface area contributed by atoms with Crippen LogP contribution in [0.2, 0.25) is 0 Å². The number of rotatable bonds is 6. The number of carbonyl (C=O) groups is 2. The first kappa shape index (κ1) is 19.7. The summed E-state index contributed by atoms with van der Waals surface area (Å²) in [6, 6.07) is 6.40. The first-order chi connectivity index (χ1) is 14.1. The van der Waals surface area contributed by atoms with Gasteiger partial charge in [0.1, 0.15) is 11.1 Å². The number of nitrogens with one attached hydrogen (secondary N) is 2. The van der Waals surface area contributed by atoms with Crippen LogP contribution in [0, 0.1) is 17.2 Å². The van der Waals surface area contributed by atoms with Gasteiger partial charge in [0.25, 0.3) is 0 Å². The van der Waals surface area contributed by atoms with Crippen molar-refractivity contribution in [1.29, 1.82) is 5.26 Å². The zero-order chi connectivity index (χ0) is 20.2. The number of nitrogens with zero attached hydrogens (tertiary/aromatic N) is 1. The first-order valence-corrected chi connectivity index (χ1v) is 11.3. The maximum atomic E-state index is 12.3. The van der Waals surface area contributed by atoms with Crippen LogP contribution in [0.4, 0.5) is 9.80 Å². The number of hydrogen-bond acceptors (Lipinski definition) is 6. The van der Waals surface area contributed by atoms with E-state index in [1.807, 2.05) is 17.5 Å². The van der Waals surface area contributed by atoms with Gasteiger partial charge in [-0.15, -0.1) is 22.7 Å². The molecule has 0 spiro atoms. The van der Waals surface area contributed by atoms with Gasteiger partial charge in [0, 0.05) is 21.9 Å². The molecule has 0 aliphatic heterocycles. The Morgan fingerprint density at radius 3 is 2.93 bits per heavy atom. The molecule has 0 saturated heterocycles. The molecule has 1 atom stereocenters. The number of fused-ring (bicyclic) bond motifs is 1. The van der Waals surface area contributed by atoms with E-state index in [2.05, 4.69) is 16.7 Å². The van der Waals surface area contributed by atoms with Crippen molar-refractivity contribution >= 4 is 45.8 Å². The molecule has 4 rings (SSSR count). The third kappa shape index (κ3) is 5.05. The molecule has 0 radical (unpaired) electrons. The average Bonchev–Trinajstić information content (AvgIpc) is 3.24. The summed E-state index contributed by atoms with van der Waals surface area (Å²) in [6.07, 6.45) is 7.35. The zero-order valence-electron chi connectivity index (χ0n) is 15.8. The lowest BCUT2D eigenvalue weighted by Gasteiger charge is -2.21. The number of hydrogen-bond donors (Lipinski definition) is 2. The van der Waals surface area contributed by atoms with Crippen LogP contribution in [0.1, 0.15) is 40.1 Å². The van der Waals surface area contributed by atoms with Crippen molar-refractivity contribution in [3.05, 3.63) is 44.5 Å². The van der Waals surface area contributed by atoms with Crippen molar-refractivity contribution in [2.75, 3.05) is 11.9 Å². The van der Waals surface area contributed by atoms with Gasteiger partial charge >= 0.3 is 6.09 Å². The van der Waals surface area contributed by atoms with Crippen LogP contribution in [-0.4, -0.2) is 24.6 Å². The summed E-state index contributed by atoms with van der Waals surface area (Å²) in [6.45, 7) is 0.378. The lowest BCUT2D eigenvalue weighted by Crippen LogP contribution is -2.29. The third-order valence-electron chi connectivity index (χ3n) is 5.01. The number of thiophene rings is 2. The van der Waals surface area contributed by atoms with E-state index in [9.17, 15) is 14.9 Å². The molecule has 2 N–H and O–H groups in total. The van der Waals surface area contributed by atoms with Crippen LogP contribution < -0.4 is 10.6 Å². The molecule has 6 nitrogen and oxygen atoms in total. The van der Waals surface area contributed by atoms with Crippen LogP contribution in [0.25, 0.3) is 6.08 Å². The molecule has 2 aromatic heterocycles. The average molecular weight is 428 g/mol. The predicted molar refractivity (Wildman–Crippen MR) is 114 cm³/mol. The Kier molecular flexibility index (Phi) is 5.97. The van der Waals surface area contributed by atoms with Crippen molar-refractivity contribution in [2.24, 2.45) is 5.92 Å². The molecule has 29 heavy (non-hydrogen) atoms. The minimum Gasteiger partial charge on any atom is -0.449 e. The number of amides is 2. The van der Waals surface area contributed by atoms with Crippen LogP contribution in [0.15, 0.2) is 23.6 Å². The number of ether oxygens (including phenoxy) is 1. The predicted octanol–water partition coefficient (Wildman–Crippen LogP) is 4.33. The molecule has 2 aromatic rings. The Balaban J connectivity index is 1.37. The molecule has 8 heteroatoms. The van der Waals surface area contributed by atoms with Crippen LogP contribution in [0.5, 0.6) is 0 Å². The fraction of sp³-hybridized carbons (Fsp3) is 0.381. The standard InChI is InChI=1S/C21H21N3O3S2/c22-11-17-16-7-3-13(12-27-21(26)23-14-4-5-14)10-18(16)29-20(17)24-19(25)8-6-15-2-1-9-28-15/h1-2,6,8-9,13-14H,3-5,7,10,12H2,(H,23,26)(H,24,25). The lowest BCUT2D eigenvalue weighted by atomic mass is 9.88. The number of anilines is 1. The molecular weight excluding hydrogens is 406 g/mol. The molecular formula is C21H21N3O3S2. The molecule has 0 aromatic carbocycles. The molecule has 2 aliphatic rings. The molecule has 1 fully saturated rings. The summed E-state index contributed by atoms with van der Waals surface area (Å²) in [7, 11) is 0. The van der Waals surface area contributed by atoms with Crippen LogP contribution in [0.3, 0.4) is 0 Å². The Bertz CT molecular complexity index is 968. The molecule has 2 aliphatic carbocycles. The van der Waals surface area contributed by atoms with Gasteiger partial charge in [-0.05, 0) is 61.1 Å². The van der Waals surface area contributed by atoms with Crippen molar-refractivity contribution < 1.29 is 14.3 Å².